The molecule has 25 heavy (non-hydrogen) atoms. The SMILES string of the molecule is CC[C@H](C)[C@H](NCCc1c[nH]cn1)C(=O)N1CCc2ccccc2C1. The smallest absolute Gasteiger partial charge is 0.240 e. The average molecular weight is 340 g/mol. The van der Waals surface area contributed by atoms with Crippen LogP contribution < -0.4 is 5.32 Å². The number of fused-ring (bicyclic) bond motifs is 1. The monoisotopic (exact) mass is 340 g/mol. The third-order valence-corrected chi connectivity index (χ3v) is 5.22. The van der Waals surface area contributed by atoms with Crippen LogP contribution in [0.15, 0.2) is 36.8 Å². The van der Waals surface area contributed by atoms with Crippen molar-refractivity contribution in [3.63, 3.8) is 0 Å². The molecule has 2 heterocycles. The minimum Gasteiger partial charge on any atom is -0.351 e. The average Bonchev–Trinajstić information content (AvgIpc) is 3.17. The molecule has 5 heteroatoms. The van der Waals surface area contributed by atoms with E-state index in [4.69, 9.17) is 0 Å². The molecule has 3 rings (SSSR count). The number of H-pyrrole nitrogens is 1. The van der Waals surface area contributed by atoms with E-state index in [1.807, 2.05) is 11.1 Å². The summed E-state index contributed by atoms with van der Waals surface area (Å²) in [6.45, 7) is 6.59. The van der Waals surface area contributed by atoms with E-state index in [-0.39, 0.29) is 11.9 Å². The van der Waals surface area contributed by atoms with Gasteiger partial charge in [-0.1, -0.05) is 44.5 Å². The molecule has 2 N–H and O–H groups in total. The Hall–Kier alpha value is -2.14. The van der Waals surface area contributed by atoms with Crippen LogP contribution >= 0.6 is 0 Å². The zero-order chi connectivity index (χ0) is 17.6. The van der Waals surface area contributed by atoms with Gasteiger partial charge in [-0.2, -0.15) is 0 Å². The predicted molar refractivity (Wildman–Crippen MR) is 99.1 cm³/mol. The lowest BCUT2D eigenvalue weighted by Crippen LogP contribution is -2.51. The van der Waals surface area contributed by atoms with Crippen LogP contribution in [0.4, 0.5) is 0 Å². The maximum absolute atomic E-state index is 13.1. The molecule has 2 aromatic rings. The van der Waals surface area contributed by atoms with E-state index in [1.54, 1.807) is 6.33 Å². The number of nitrogens with zero attached hydrogens (tertiary/aromatic N) is 2. The van der Waals surface area contributed by atoms with Crippen LogP contribution in [0.5, 0.6) is 0 Å². The first-order valence-corrected chi connectivity index (χ1v) is 9.25. The Morgan fingerprint density at radius 3 is 2.88 bits per heavy atom. The van der Waals surface area contributed by atoms with Gasteiger partial charge in [0.25, 0.3) is 0 Å². The first-order chi connectivity index (χ1) is 12.2. The lowest BCUT2D eigenvalue weighted by Gasteiger charge is -2.34. The molecule has 0 saturated heterocycles. The minimum absolute atomic E-state index is 0.130. The summed E-state index contributed by atoms with van der Waals surface area (Å²) in [4.78, 5) is 22.4. The van der Waals surface area contributed by atoms with Crippen molar-refractivity contribution >= 4 is 5.91 Å². The number of carbonyl (C=O) groups excluding carboxylic acids is 1. The van der Waals surface area contributed by atoms with Crippen molar-refractivity contribution in [1.29, 1.82) is 0 Å². The van der Waals surface area contributed by atoms with Crippen LogP contribution in [0, 0.1) is 5.92 Å². The van der Waals surface area contributed by atoms with E-state index in [0.29, 0.717) is 5.92 Å². The second-order valence-corrected chi connectivity index (χ2v) is 6.91. The molecule has 0 unspecified atom stereocenters. The Morgan fingerprint density at radius 2 is 2.16 bits per heavy atom. The Labute approximate surface area is 149 Å². The number of hydrogen-bond donors (Lipinski definition) is 2. The van der Waals surface area contributed by atoms with Gasteiger partial charge in [0.1, 0.15) is 0 Å². The molecule has 0 fully saturated rings. The van der Waals surface area contributed by atoms with Gasteiger partial charge in [0, 0.05) is 32.3 Å². The van der Waals surface area contributed by atoms with Gasteiger partial charge in [-0.3, -0.25) is 4.79 Å². The van der Waals surface area contributed by atoms with Crippen molar-refractivity contribution in [2.45, 2.75) is 45.7 Å². The van der Waals surface area contributed by atoms with Crippen molar-refractivity contribution in [3.8, 4) is 0 Å². The molecule has 1 aliphatic heterocycles. The summed E-state index contributed by atoms with van der Waals surface area (Å²) in [5.41, 5.74) is 3.68. The molecule has 1 aliphatic rings. The van der Waals surface area contributed by atoms with E-state index < -0.39 is 0 Å². The molecule has 134 valence electrons. The number of imidazole rings is 1. The second kappa shape index (κ2) is 8.30. The summed E-state index contributed by atoms with van der Waals surface area (Å²) < 4.78 is 0. The van der Waals surface area contributed by atoms with Crippen LogP contribution in [0.2, 0.25) is 0 Å². The van der Waals surface area contributed by atoms with Crippen molar-refractivity contribution in [2.75, 3.05) is 13.1 Å². The van der Waals surface area contributed by atoms with Gasteiger partial charge in [-0.05, 0) is 23.5 Å². The van der Waals surface area contributed by atoms with E-state index in [9.17, 15) is 4.79 Å². The summed E-state index contributed by atoms with van der Waals surface area (Å²) in [5, 5.41) is 3.48. The van der Waals surface area contributed by atoms with Crippen molar-refractivity contribution in [1.82, 2.24) is 20.2 Å². The predicted octanol–water partition coefficient (Wildman–Crippen LogP) is 2.54. The zero-order valence-electron chi connectivity index (χ0n) is 15.2. The lowest BCUT2D eigenvalue weighted by molar-refractivity contribution is -0.135. The summed E-state index contributed by atoms with van der Waals surface area (Å²) >= 11 is 0. The number of amides is 1. The molecule has 1 aromatic carbocycles. The highest BCUT2D eigenvalue weighted by molar-refractivity contribution is 5.82. The largest absolute Gasteiger partial charge is 0.351 e. The standard InChI is InChI=1S/C20H28N4O/c1-3-15(2)19(22-10-8-18-12-21-14-23-18)20(25)24-11-9-16-6-4-5-7-17(16)13-24/h4-7,12,14-15,19,22H,3,8-11,13H2,1-2H3,(H,21,23)/t15-,19-/m0/s1. The number of aromatic nitrogens is 2. The summed E-state index contributed by atoms with van der Waals surface area (Å²) in [7, 11) is 0. The maximum Gasteiger partial charge on any atom is 0.240 e. The van der Waals surface area contributed by atoms with Crippen LogP contribution in [0.3, 0.4) is 0 Å². The normalized spacial score (nSPS) is 16.3. The maximum atomic E-state index is 13.1. The Morgan fingerprint density at radius 1 is 1.36 bits per heavy atom. The lowest BCUT2D eigenvalue weighted by atomic mass is 9.95. The van der Waals surface area contributed by atoms with E-state index in [1.165, 1.54) is 11.1 Å². The fourth-order valence-corrected chi connectivity index (χ4v) is 3.43. The van der Waals surface area contributed by atoms with Crippen LogP contribution in [0.25, 0.3) is 0 Å². The highest BCUT2D eigenvalue weighted by Crippen LogP contribution is 2.21. The van der Waals surface area contributed by atoms with Crippen LogP contribution in [-0.4, -0.2) is 39.9 Å². The van der Waals surface area contributed by atoms with E-state index in [0.717, 1.165) is 44.6 Å². The zero-order valence-corrected chi connectivity index (χ0v) is 15.2. The molecular formula is C20H28N4O. The highest BCUT2D eigenvalue weighted by atomic mass is 16.2. The van der Waals surface area contributed by atoms with Crippen LogP contribution in [-0.2, 0) is 24.2 Å². The third-order valence-electron chi connectivity index (χ3n) is 5.22. The van der Waals surface area contributed by atoms with E-state index >= 15 is 0 Å². The van der Waals surface area contributed by atoms with E-state index in [2.05, 4.69) is 53.4 Å². The van der Waals surface area contributed by atoms with Crippen molar-refractivity contribution in [2.24, 2.45) is 5.92 Å². The van der Waals surface area contributed by atoms with Gasteiger partial charge in [-0.25, -0.2) is 4.98 Å². The first-order valence-electron chi connectivity index (χ1n) is 9.25. The van der Waals surface area contributed by atoms with Crippen molar-refractivity contribution < 1.29 is 4.79 Å². The summed E-state index contributed by atoms with van der Waals surface area (Å²) in [6.07, 6.45) is 6.35. The molecule has 0 radical (unpaired) electrons. The van der Waals surface area contributed by atoms with Gasteiger partial charge in [-0.15, -0.1) is 0 Å². The molecule has 1 amide bonds. The number of rotatable bonds is 7. The number of aromatic amines is 1. The molecule has 0 saturated carbocycles. The number of hydrogen-bond acceptors (Lipinski definition) is 3. The number of carbonyl (C=O) groups is 1. The quantitative estimate of drug-likeness (QED) is 0.814. The fourth-order valence-electron chi connectivity index (χ4n) is 3.43. The third kappa shape index (κ3) is 4.28. The van der Waals surface area contributed by atoms with Crippen LogP contribution in [0.1, 0.15) is 37.1 Å². The molecule has 2 atom stereocenters. The summed E-state index contributed by atoms with van der Waals surface area (Å²) in [5.74, 6) is 0.537. The van der Waals surface area contributed by atoms with Gasteiger partial charge >= 0.3 is 0 Å². The minimum atomic E-state index is -0.130. The van der Waals surface area contributed by atoms with Gasteiger partial charge < -0.3 is 15.2 Å². The molecular weight excluding hydrogens is 312 g/mol. The summed E-state index contributed by atoms with van der Waals surface area (Å²) in [6, 6.07) is 8.31. The Kier molecular flexibility index (Phi) is 5.87. The number of nitrogens with one attached hydrogen (secondary N) is 2. The topological polar surface area (TPSA) is 61.0 Å². The highest BCUT2D eigenvalue weighted by Gasteiger charge is 2.29. The molecule has 5 nitrogen and oxygen atoms in total. The van der Waals surface area contributed by atoms with Gasteiger partial charge in [0.15, 0.2) is 0 Å². The Balaban J connectivity index is 1.63. The molecule has 0 aliphatic carbocycles. The molecule has 0 spiro atoms. The Bertz CT molecular complexity index is 683. The molecule has 0 bridgehead atoms. The first kappa shape index (κ1) is 17.7. The van der Waals surface area contributed by atoms with Gasteiger partial charge in [0.2, 0.25) is 5.91 Å². The molecule has 1 aromatic heterocycles. The fraction of sp³-hybridized carbons (Fsp3) is 0.500. The second-order valence-electron chi connectivity index (χ2n) is 6.91. The number of benzene rings is 1. The van der Waals surface area contributed by atoms with Gasteiger partial charge in [0.05, 0.1) is 18.1 Å². The van der Waals surface area contributed by atoms with Crippen molar-refractivity contribution in [3.05, 3.63) is 53.6 Å².